The van der Waals surface area contributed by atoms with Crippen molar-refractivity contribution in [2.24, 2.45) is 0 Å². The Morgan fingerprint density at radius 3 is 1.41 bits per heavy atom. The van der Waals surface area contributed by atoms with Crippen LogP contribution in [0.1, 0.15) is 47.2 Å². The van der Waals surface area contributed by atoms with Gasteiger partial charge in [-0.1, -0.05) is 172 Å². The van der Waals surface area contributed by atoms with Crippen LogP contribution in [0.3, 0.4) is 0 Å². The van der Waals surface area contributed by atoms with E-state index in [1.807, 2.05) is 0 Å². The van der Waals surface area contributed by atoms with E-state index in [0.29, 0.717) is 0 Å². The number of anilines is 3. The summed E-state index contributed by atoms with van der Waals surface area (Å²) in [6.07, 6.45) is 0. The number of hydrogen-bond acceptors (Lipinski definition) is 2. The van der Waals surface area contributed by atoms with Crippen molar-refractivity contribution >= 4 is 44.9 Å². The van der Waals surface area contributed by atoms with E-state index >= 15 is 0 Å². The van der Waals surface area contributed by atoms with E-state index in [9.17, 15) is 0 Å². The predicted octanol–water partition coefficient (Wildman–Crippen LogP) is 16.2. The second-order valence-electron chi connectivity index (χ2n) is 19.5. The molecule has 10 aromatic carbocycles. The number of benzene rings is 10. The van der Waals surface area contributed by atoms with E-state index in [1.165, 1.54) is 66.8 Å². The summed E-state index contributed by atoms with van der Waals surface area (Å²) >= 11 is 0. The van der Waals surface area contributed by atoms with Gasteiger partial charge in [-0.3, -0.25) is 8.97 Å². The van der Waals surface area contributed by atoms with Crippen molar-refractivity contribution in [2.45, 2.75) is 24.7 Å². The van der Waals surface area contributed by atoms with E-state index in [4.69, 9.17) is 4.98 Å². The van der Waals surface area contributed by atoms with Crippen LogP contribution in [-0.4, -0.2) is 14.0 Å². The Balaban J connectivity index is 0.878. The second-order valence-corrected chi connectivity index (χ2v) is 19.5. The molecule has 1 spiro atoms. The van der Waals surface area contributed by atoms with Crippen LogP contribution >= 0.6 is 0 Å². The van der Waals surface area contributed by atoms with E-state index in [2.05, 4.69) is 258 Å². The lowest BCUT2D eigenvalue weighted by Gasteiger charge is -2.32. The van der Waals surface area contributed by atoms with E-state index < -0.39 is 5.41 Å². The Morgan fingerprint density at radius 2 is 0.797 bits per heavy atom. The third kappa shape index (κ3) is 5.10. The Labute approximate surface area is 400 Å². The maximum absolute atomic E-state index is 5.11. The molecule has 0 bridgehead atoms. The first kappa shape index (κ1) is 38.4. The zero-order valence-electron chi connectivity index (χ0n) is 38.2. The third-order valence-corrected chi connectivity index (χ3v) is 15.8. The number of imidazole rings is 2. The first-order chi connectivity index (χ1) is 34.0. The molecule has 0 atom stereocenters. The highest BCUT2D eigenvalue weighted by Gasteiger charge is 2.51. The first-order valence-electron chi connectivity index (χ1n) is 24.0. The van der Waals surface area contributed by atoms with E-state index in [0.717, 1.165) is 61.7 Å². The molecule has 12 aromatic rings. The van der Waals surface area contributed by atoms with Crippen LogP contribution in [0, 0.1) is 0 Å². The van der Waals surface area contributed by atoms with Crippen molar-refractivity contribution in [1.29, 1.82) is 0 Å². The molecular formula is C65H44N4. The van der Waals surface area contributed by atoms with Crippen LogP contribution in [-0.2, 0) is 10.8 Å². The molecule has 15 rings (SSSR count). The quantitative estimate of drug-likeness (QED) is 0.172. The lowest BCUT2D eigenvalue weighted by Crippen LogP contribution is -2.26. The number of rotatable bonds is 5. The second kappa shape index (κ2) is 13.9. The molecule has 4 heteroatoms. The SMILES string of the molecule is CC1(C)c2ccccc2-c2ccc(N(c3ccc(-c4ccc(-n5c6ccccc6n6c7ccccc7nc56)cc4)cc3)c3ccc4c(c3)C3(c5ccccc5-c5ccccc53)c3ccccc3-4)cc21. The minimum absolute atomic E-state index is 0.145. The fourth-order valence-electron chi connectivity index (χ4n) is 12.7. The number of para-hydroxylation sites is 4. The first-order valence-corrected chi connectivity index (χ1v) is 24.0. The Kier molecular flexibility index (Phi) is 7.74. The molecule has 0 N–H and O–H groups in total. The molecule has 0 radical (unpaired) electrons. The molecule has 2 aromatic heterocycles. The fraction of sp³-hybridized carbons (Fsp3) is 0.0615. The molecule has 0 fully saturated rings. The smallest absolute Gasteiger partial charge is 0.220 e. The van der Waals surface area contributed by atoms with Gasteiger partial charge in [0.25, 0.3) is 0 Å². The van der Waals surface area contributed by atoms with Gasteiger partial charge in [0.15, 0.2) is 0 Å². The van der Waals surface area contributed by atoms with Gasteiger partial charge in [0, 0.05) is 28.2 Å². The standard InChI is InChI=1S/C65H44N4/c1-64(2)53-19-7-3-15-47(53)51-37-35-45(39-57(51)64)67(46-36-38-52-50-18-6-10-22-56(50)65(58(52)40-46)54-20-8-4-16-48(54)49-17-5-9-21-55(49)65)43-31-27-41(28-32-43)42-29-33-44(34-30-42)68-61-25-13-14-26-62(61)69-60-24-12-11-23-59(60)66-63(68)69/h3-40H,1-2H3. The average molecular weight is 881 g/mol. The van der Waals surface area contributed by atoms with Gasteiger partial charge in [-0.2, -0.15) is 0 Å². The summed E-state index contributed by atoms with van der Waals surface area (Å²) in [7, 11) is 0. The summed E-state index contributed by atoms with van der Waals surface area (Å²) < 4.78 is 4.55. The van der Waals surface area contributed by atoms with Crippen LogP contribution in [0.4, 0.5) is 17.1 Å². The lowest BCUT2D eigenvalue weighted by molar-refractivity contribution is 0.660. The summed E-state index contributed by atoms with van der Waals surface area (Å²) in [5.41, 5.74) is 26.5. The van der Waals surface area contributed by atoms with Crippen molar-refractivity contribution in [3.8, 4) is 50.2 Å². The molecule has 0 unspecified atom stereocenters. The average Bonchev–Trinajstić information content (AvgIpc) is 4.16. The molecule has 0 saturated carbocycles. The summed E-state index contributed by atoms with van der Waals surface area (Å²) in [6.45, 7) is 4.74. The number of aromatic nitrogens is 3. The van der Waals surface area contributed by atoms with E-state index in [-0.39, 0.29) is 5.41 Å². The topological polar surface area (TPSA) is 25.5 Å². The molecule has 0 amide bonds. The highest BCUT2D eigenvalue weighted by Crippen LogP contribution is 2.63. The molecule has 4 nitrogen and oxygen atoms in total. The predicted molar refractivity (Wildman–Crippen MR) is 284 cm³/mol. The summed E-state index contributed by atoms with van der Waals surface area (Å²) in [4.78, 5) is 7.59. The summed E-state index contributed by atoms with van der Waals surface area (Å²) in [5.74, 6) is 0.913. The maximum Gasteiger partial charge on any atom is 0.220 e. The highest BCUT2D eigenvalue weighted by atomic mass is 15.2. The number of hydrogen-bond donors (Lipinski definition) is 0. The lowest BCUT2D eigenvalue weighted by atomic mass is 9.70. The Morgan fingerprint density at radius 1 is 0.362 bits per heavy atom. The Bertz CT molecular complexity index is 4050. The molecule has 324 valence electrons. The molecule has 69 heavy (non-hydrogen) atoms. The van der Waals surface area contributed by atoms with Crippen molar-refractivity contribution in [3.63, 3.8) is 0 Å². The van der Waals surface area contributed by atoms with Crippen LogP contribution in [0.5, 0.6) is 0 Å². The largest absolute Gasteiger partial charge is 0.310 e. The molecule has 3 aliphatic rings. The van der Waals surface area contributed by atoms with Gasteiger partial charge in [-0.15, -0.1) is 0 Å². The molecular weight excluding hydrogens is 837 g/mol. The maximum atomic E-state index is 5.11. The van der Waals surface area contributed by atoms with Crippen LogP contribution in [0.2, 0.25) is 0 Å². The van der Waals surface area contributed by atoms with Gasteiger partial charge in [0.1, 0.15) is 0 Å². The number of fused-ring (bicyclic) bond motifs is 18. The van der Waals surface area contributed by atoms with Crippen LogP contribution < -0.4 is 4.90 Å². The van der Waals surface area contributed by atoms with Gasteiger partial charge < -0.3 is 4.90 Å². The summed E-state index contributed by atoms with van der Waals surface area (Å²) in [6, 6.07) is 85.5. The van der Waals surface area contributed by atoms with Gasteiger partial charge in [0.2, 0.25) is 5.78 Å². The number of nitrogens with zero attached hydrogens (tertiary/aromatic N) is 4. The van der Waals surface area contributed by atoms with Gasteiger partial charge in [0.05, 0.1) is 27.5 Å². The fourth-order valence-corrected chi connectivity index (χ4v) is 12.7. The molecule has 0 saturated heterocycles. The van der Waals surface area contributed by atoms with Gasteiger partial charge in [-0.25, -0.2) is 4.98 Å². The zero-order valence-corrected chi connectivity index (χ0v) is 38.2. The molecule has 0 aliphatic heterocycles. The van der Waals surface area contributed by atoms with Crippen molar-refractivity contribution < 1.29 is 0 Å². The summed E-state index contributed by atoms with van der Waals surface area (Å²) in [5, 5.41) is 0. The molecule has 3 aliphatic carbocycles. The van der Waals surface area contributed by atoms with E-state index in [1.54, 1.807) is 0 Å². The minimum atomic E-state index is -0.442. The third-order valence-electron chi connectivity index (χ3n) is 15.8. The van der Waals surface area contributed by atoms with Crippen LogP contribution in [0.25, 0.3) is 78.0 Å². The Hall–Kier alpha value is -8.73. The highest BCUT2D eigenvalue weighted by molar-refractivity contribution is 5.97. The van der Waals surface area contributed by atoms with Crippen molar-refractivity contribution in [3.05, 3.63) is 264 Å². The van der Waals surface area contributed by atoms with Gasteiger partial charge >= 0.3 is 0 Å². The zero-order chi connectivity index (χ0) is 45.6. The normalized spacial score (nSPS) is 14.2. The molecule has 2 heterocycles. The minimum Gasteiger partial charge on any atom is -0.310 e. The van der Waals surface area contributed by atoms with Crippen LogP contribution in [0.15, 0.2) is 231 Å². The monoisotopic (exact) mass is 880 g/mol. The van der Waals surface area contributed by atoms with Crippen molar-refractivity contribution in [1.82, 2.24) is 14.0 Å². The van der Waals surface area contributed by atoms with Crippen molar-refractivity contribution in [2.75, 3.05) is 4.90 Å². The van der Waals surface area contributed by atoms with Gasteiger partial charge in [-0.05, 0) is 151 Å².